The Labute approximate surface area is 91.8 Å². The molecule has 1 aliphatic rings. The highest BCUT2D eigenvalue weighted by molar-refractivity contribution is 5.86. The lowest BCUT2D eigenvalue weighted by Gasteiger charge is -2.26. The van der Waals surface area contributed by atoms with Crippen molar-refractivity contribution < 1.29 is 9.90 Å². The summed E-state index contributed by atoms with van der Waals surface area (Å²) in [5, 5.41) is 8.76. The Balaban J connectivity index is 2.49. The van der Waals surface area contributed by atoms with Gasteiger partial charge in [0.25, 0.3) is 0 Å². The molecular formula is C12H21NO2. The number of carboxylic acid groups (broad SMARTS) is 1. The van der Waals surface area contributed by atoms with Crippen molar-refractivity contribution in [2.45, 2.75) is 33.1 Å². The van der Waals surface area contributed by atoms with Crippen molar-refractivity contribution in [3.63, 3.8) is 0 Å². The van der Waals surface area contributed by atoms with Gasteiger partial charge in [-0.05, 0) is 31.2 Å². The molecule has 0 unspecified atom stereocenters. The molecule has 0 aromatic rings. The van der Waals surface area contributed by atoms with Crippen LogP contribution < -0.4 is 0 Å². The van der Waals surface area contributed by atoms with Gasteiger partial charge in [-0.15, -0.1) is 0 Å². The van der Waals surface area contributed by atoms with Crippen LogP contribution in [-0.2, 0) is 4.79 Å². The second kappa shape index (κ2) is 4.79. The Kier molecular flexibility index (Phi) is 3.91. The van der Waals surface area contributed by atoms with Crippen LogP contribution in [0.4, 0.5) is 0 Å². The van der Waals surface area contributed by atoms with E-state index in [-0.39, 0.29) is 0 Å². The van der Waals surface area contributed by atoms with Gasteiger partial charge in [0.05, 0.1) is 0 Å². The highest BCUT2D eigenvalue weighted by atomic mass is 16.4. The summed E-state index contributed by atoms with van der Waals surface area (Å²) >= 11 is 0. The van der Waals surface area contributed by atoms with Gasteiger partial charge in [0.2, 0.25) is 0 Å². The Morgan fingerprint density at radius 2 is 2.07 bits per heavy atom. The van der Waals surface area contributed by atoms with Gasteiger partial charge in [-0.1, -0.05) is 20.4 Å². The van der Waals surface area contributed by atoms with E-state index in [1.165, 1.54) is 19.3 Å². The van der Waals surface area contributed by atoms with E-state index < -0.39 is 5.97 Å². The second-order valence-corrected chi connectivity index (χ2v) is 4.58. The number of likely N-dealkylation sites (tertiary alicyclic amines) is 1. The summed E-state index contributed by atoms with van der Waals surface area (Å²) in [6.45, 7) is 10.6. The Morgan fingerprint density at radius 3 is 2.47 bits per heavy atom. The van der Waals surface area contributed by atoms with E-state index in [2.05, 4.69) is 25.3 Å². The molecule has 15 heavy (non-hydrogen) atoms. The van der Waals surface area contributed by atoms with Crippen LogP contribution in [0.15, 0.2) is 12.2 Å². The molecule has 0 aromatic carbocycles. The maximum Gasteiger partial charge on any atom is 0.332 e. The molecule has 0 atom stereocenters. The fourth-order valence-corrected chi connectivity index (χ4v) is 2.33. The van der Waals surface area contributed by atoms with E-state index in [0.717, 1.165) is 13.1 Å². The van der Waals surface area contributed by atoms with Crippen LogP contribution >= 0.6 is 0 Å². The molecule has 0 spiro atoms. The molecule has 0 bridgehead atoms. The molecule has 0 radical (unpaired) electrons. The molecule has 0 aliphatic carbocycles. The highest BCUT2D eigenvalue weighted by Crippen LogP contribution is 2.36. The minimum Gasteiger partial charge on any atom is -0.478 e. The van der Waals surface area contributed by atoms with Crippen molar-refractivity contribution in [3.8, 4) is 0 Å². The van der Waals surface area contributed by atoms with Crippen LogP contribution in [0, 0.1) is 5.41 Å². The minimum atomic E-state index is -0.875. The van der Waals surface area contributed by atoms with Crippen molar-refractivity contribution in [1.82, 2.24) is 4.90 Å². The van der Waals surface area contributed by atoms with Gasteiger partial charge in [0, 0.05) is 18.7 Å². The van der Waals surface area contributed by atoms with E-state index in [9.17, 15) is 4.79 Å². The Bertz CT molecular complexity index is 256. The van der Waals surface area contributed by atoms with Crippen molar-refractivity contribution in [2.75, 3.05) is 19.6 Å². The predicted molar refractivity (Wildman–Crippen MR) is 60.8 cm³/mol. The van der Waals surface area contributed by atoms with Crippen LogP contribution in [0.1, 0.15) is 33.1 Å². The molecule has 86 valence electrons. The maximum absolute atomic E-state index is 10.7. The summed E-state index contributed by atoms with van der Waals surface area (Å²) in [7, 11) is 0. The summed E-state index contributed by atoms with van der Waals surface area (Å²) in [6, 6.07) is 0. The molecule has 1 saturated heterocycles. The van der Waals surface area contributed by atoms with Crippen LogP contribution in [0.2, 0.25) is 0 Å². The topological polar surface area (TPSA) is 40.5 Å². The normalized spacial score (nSPS) is 20.4. The number of rotatable bonds is 5. The first-order valence-electron chi connectivity index (χ1n) is 5.66. The van der Waals surface area contributed by atoms with Gasteiger partial charge < -0.3 is 5.11 Å². The summed E-state index contributed by atoms with van der Waals surface area (Å²) in [5.41, 5.74) is 0.719. The van der Waals surface area contributed by atoms with Crippen LogP contribution in [0.25, 0.3) is 0 Å². The van der Waals surface area contributed by atoms with E-state index in [1.54, 1.807) is 0 Å². The second-order valence-electron chi connectivity index (χ2n) is 4.58. The van der Waals surface area contributed by atoms with Gasteiger partial charge in [0.1, 0.15) is 0 Å². The average molecular weight is 211 g/mol. The molecule has 3 nitrogen and oxygen atoms in total. The molecule has 0 aromatic heterocycles. The van der Waals surface area contributed by atoms with Crippen molar-refractivity contribution in [3.05, 3.63) is 12.2 Å². The third-order valence-electron chi connectivity index (χ3n) is 3.73. The number of aliphatic carboxylic acids is 1. The zero-order valence-corrected chi connectivity index (χ0v) is 9.75. The number of hydrogen-bond donors (Lipinski definition) is 1. The fraction of sp³-hybridized carbons (Fsp3) is 0.750. The molecule has 1 aliphatic heterocycles. The smallest absolute Gasteiger partial charge is 0.332 e. The first-order chi connectivity index (χ1) is 7.03. The highest BCUT2D eigenvalue weighted by Gasteiger charge is 2.35. The van der Waals surface area contributed by atoms with Crippen molar-refractivity contribution in [1.29, 1.82) is 0 Å². The molecule has 0 amide bonds. The molecule has 0 saturated carbocycles. The standard InChI is InChI=1S/C12H21NO2/c1-4-12(5-2)6-7-13(9-12)8-10(3)11(14)15/h3-9H2,1-2H3,(H,14,15). The molecule has 1 rings (SSSR count). The minimum absolute atomic E-state index is 0.304. The van der Waals surface area contributed by atoms with Gasteiger partial charge in [0.15, 0.2) is 0 Å². The van der Waals surface area contributed by atoms with Gasteiger partial charge in [-0.3, -0.25) is 4.90 Å². The summed E-state index contributed by atoms with van der Waals surface area (Å²) in [5.74, 6) is -0.875. The molecule has 1 heterocycles. The van der Waals surface area contributed by atoms with Crippen LogP contribution in [0.3, 0.4) is 0 Å². The van der Waals surface area contributed by atoms with Crippen LogP contribution in [0.5, 0.6) is 0 Å². The van der Waals surface area contributed by atoms with Crippen molar-refractivity contribution in [2.24, 2.45) is 5.41 Å². The number of carbonyl (C=O) groups is 1. The number of carboxylic acids is 1. The van der Waals surface area contributed by atoms with E-state index >= 15 is 0 Å². The lowest BCUT2D eigenvalue weighted by atomic mass is 9.82. The summed E-state index contributed by atoms with van der Waals surface area (Å²) in [4.78, 5) is 12.9. The Morgan fingerprint density at radius 1 is 1.47 bits per heavy atom. The molecule has 1 N–H and O–H groups in total. The predicted octanol–water partition coefficient (Wildman–Crippen LogP) is 2.14. The quantitative estimate of drug-likeness (QED) is 0.708. The number of nitrogens with zero attached hydrogens (tertiary/aromatic N) is 1. The molecule has 1 fully saturated rings. The van der Waals surface area contributed by atoms with Gasteiger partial charge in [-0.2, -0.15) is 0 Å². The fourth-order valence-electron chi connectivity index (χ4n) is 2.33. The summed E-state index contributed by atoms with van der Waals surface area (Å²) in [6.07, 6.45) is 3.55. The molecular weight excluding hydrogens is 190 g/mol. The Hall–Kier alpha value is -0.830. The zero-order chi connectivity index (χ0) is 11.5. The van der Waals surface area contributed by atoms with Gasteiger partial charge >= 0.3 is 5.97 Å². The van der Waals surface area contributed by atoms with E-state index in [4.69, 9.17) is 5.11 Å². The SMILES string of the molecule is C=C(CN1CCC(CC)(CC)C1)C(=O)O. The lowest BCUT2D eigenvalue weighted by Crippen LogP contribution is -2.29. The third kappa shape index (κ3) is 2.81. The van der Waals surface area contributed by atoms with E-state index in [0.29, 0.717) is 17.5 Å². The maximum atomic E-state index is 10.7. The molecule has 3 heteroatoms. The van der Waals surface area contributed by atoms with Gasteiger partial charge in [-0.25, -0.2) is 4.79 Å². The largest absolute Gasteiger partial charge is 0.478 e. The monoisotopic (exact) mass is 211 g/mol. The van der Waals surface area contributed by atoms with Crippen molar-refractivity contribution >= 4 is 5.97 Å². The first kappa shape index (κ1) is 12.2. The zero-order valence-electron chi connectivity index (χ0n) is 9.75. The van der Waals surface area contributed by atoms with Crippen LogP contribution in [-0.4, -0.2) is 35.6 Å². The first-order valence-corrected chi connectivity index (χ1v) is 5.66. The lowest BCUT2D eigenvalue weighted by molar-refractivity contribution is -0.132. The summed E-state index contributed by atoms with van der Waals surface area (Å²) < 4.78 is 0. The average Bonchev–Trinajstić information content (AvgIpc) is 2.62. The van der Waals surface area contributed by atoms with E-state index in [1.807, 2.05) is 0 Å². The third-order valence-corrected chi connectivity index (χ3v) is 3.73. The number of hydrogen-bond acceptors (Lipinski definition) is 2.